The molecular formula is C112H97BN6. The highest BCUT2D eigenvalue weighted by atomic mass is 15.2. The molecule has 0 fully saturated rings. The van der Waals surface area contributed by atoms with E-state index in [0.717, 1.165) is 151 Å². The molecule has 0 unspecified atom stereocenters. The van der Waals surface area contributed by atoms with Gasteiger partial charge in [-0.1, -0.05) is 322 Å². The summed E-state index contributed by atoms with van der Waals surface area (Å²) in [6.07, 6.45) is 0. The first-order chi connectivity index (χ1) is 57.1. The number of hydrogen-bond donors (Lipinski definition) is 0. The smallest absolute Gasteiger partial charge is 0.252 e. The van der Waals surface area contributed by atoms with Gasteiger partial charge in [0.25, 0.3) is 6.71 Å². The number of anilines is 6. The zero-order valence-corrected chi connectivity index (χ0v) is 70.8. The van der Waals surface area contributed by atoms with E-state index in [2.05, 4.69) is 425 Å². The highest BCUT2D eigenvalue weighted by Crippen LogP contribution is 2.57. The van der Waals surface area contributed by atoms with E-state index in [-0.39, 0.29) is 28.4 Å². The van der Waals surface area contributed by atoms with Crippen LogP contribution in [0.3, 0.4) is 0 Å². The maximum absolute atomic E-state index is 10.7. The normalized spacial score (nSPS) is 12.9. The second-order valence-corrected chi connectivity index (χ2v) is 38.0. The first-order valence-electron chi connectivity index (χ1n) is 41.9. The summed E-state index contributed by atoms with van der Waals surface area (Å²) in [5.74, 6) is 0. The predicted octanol–water partition coefficient (Wildman–Crippen LogP) is 28.9. The molecule has 0 saturated heterocycles. The molecule has 4 heterocycles. The molecule has 7 heteroatoms. The number of fused-ring (bicyclic) bond motifs is 10. The van der Waals surface area contributed by atoms with E-state index in [4.69, 9.17) is 6.57 Å². The predicted molar refractivity (Wildman–Crippen MR) is 506 cm³/mol. The Labute approximate surface area is 701 Å². The lowest BCUT2D eigenvalue weighted by molar-refractivity contribution is 0.590. The molecule has 0 aliphatic carbocycles. The molecule has 0 spiro atoms. The summed E-state index contributed by atoms with van der Waals surface area (Å²) in [5, 5.41) is 15.5. The van der Waals surface area contributed by atoms with Gasteiger partial charge in [0, 0.05) is 77.9 Å². The number of rotatable bonds is 10. The van der Waals surface area contributed by atoms with Crippen LogP contribution in [0.4, 0.5) is 39.8 Å². The molecule has 119 heavy (non-hydrogen) atoms. The molecule has 0 amide bonds. The Hall–Kier alpha value is -13.5. The zero-order valence-electron chi connectivity index (χ0n) is 70.8. The van der Waals surface area contributed by atoms with Crippen LogP contribution in [0.15, 0.2) is 315 Å². The molecule has 2 aromatic heterocycles. The van der Waals surface area contributed by atoms with Gasteiger partial charge in [0.05, 0.1) is 51.6 Å². The number of nitrogens with zero attached hydrogens (tertiary/aromatic N) is 6. The lowest BCUT2D eigenvalue weighted by atomic mass is 9.33. The third-order valence-electron chi connectivity index (χ3n) is 25.2. The van der Waals surface area contributed by atoms with Crippen molar-refractivity contribution in [2.45, 2.75) is 131 Å². The van der Waals surface area contributed by atoms with Gasteiger partial charge in [-0.05, 0) is 213 Å². The highest BCUT2D eigenvalue weighted by molar-refractivity contribution is 7.00. The SMILES string of the molecule is [C-]#[N+]c1ccc(-c2cc(-c3ccc(C(C)(C)C)cc3)cc(-c3ccc(C(C)(C)C)cc3)c2N2c3cc(-n4c5ccccc5c5ccccc54)ccc3B3c4ccc(-n5c6ccccc6c6ccccc65)cc4N(c4c(-c5ccc(C#N)cc5)cc(-c5ccc(C(C)(C)C)cc5)cc4-c4ccc(C(C)(C)C)cc4)c4cc(C(C)(C)C)cc2c43)cc1. The summed E-state index contributed by atoms with van der Waals surface area (Å²) in [6, 6.07) is 121. The highest BCUT2D eigenvalue weighted by Gasteiger charge is 2.47. The van der Waals surface area contributed by atoms with Crippen molar-refractivity contribution in [3.63, 3.8) is 0 Å². The lowest BCUT2D eigenvalue weighted by Gasteiger charge is -2.46. The Morgan fingerprint density at radius 2 is 0.571 bits per heavy atom. The molecule has 17 aromatic rings. The minimum atomic E-state index is -0.438. The largest absolute Gasteiger partial charge is 0.310 e. The van der Waals surface area contributed by atoms with Crippen LogP contribution in [0, 0.1) is 17.9 Å². The van der Waals surface area contributed by atoms with E-state index in [0.29, 0.717) is 11.3 Å². The van der Waals surface area contributed by atoms with Crippen LogP contribution < -0.4 is 26.2 Å². The average molecular weight is 1540 g/mol. The summed E-state index contributed by atoms with van der Waals surface area (Å²) in [6.45, 7) is 42.7. The van der Waals surface area contributed by atoms with E-state index in [1.165, 1.54) is 49.3 Å². The zero-order chi connectivity index (χ0) is 82.5. The van der Waals surface area contributed by atoms with Gasteiger partial charge >= 0.3 is 0 Å². The number of aromatic nitrogens is 2. The molecule has 6 nitrogen and oxygen atoms in total. The van der Waals surface area contributed by atoms with E-state index in [9.17, 15) is 5.26 Å². The van der Waals surface area contributed by atoms with Crippen LogP contribution in [0.5, 0.6) is 0 Å². The lowest BCUT2D eigenvalue weighted by Crippen LogP contribution is -2.61. The van der Waals surface area contributed by atoms with Crippen molar-refractivity contribution in [3.05, 3.63) is 360 Å². The summed E-state index contributed by atoms with van der Waals surface area (Å²) in [7, 11) is 0. The van der Waals surface area contributed by atoms with Gasteiger partial charge in [0.1, 0.15) is 0 Å². The van der Waals surface area contributed by atoms with Crippen molar-refractivity contribution < 1.29 is 0 Å². The number of nitriles is 1. The van der Waals surface area contributed by atoms with Crippen LogP contribution in [0.1, 0.15) is 137 Å². The fourth-order valence-electron chi connectivity index (χ4n) is 18.6. The molecule has 15 aromatic carbocycles. The number of para-hydroxylation sites is 4. The van der Waals surface area contributed by atoms with Crippen LogP contribution in [-0.2, 0) is 27.1 Å². The molecule has 0 saturated carbocycles. The molecular weight excluding hydrogens is 1440 g/mol. The van der Waals surface area contributed by atoms with Crippen LogP contribution in [0.25, 0.3) is 127 Å². The van der Waals surface area contributed by atoms with Crippen molar-refractivity contribution in [3.8, 4) is 84.2 Å². The van der Waals surface area contributed by atoms with Gasteiger partial charge in [-0.3, -0.25) is 0 Å². The molecule has 0 N–H and O–H groups in total. The van der Waals surface area contributed by atoms with Crippen molar-refractivity contribution in [1.29, 1.82) is 5.26 Å². The molecule has 19 rings (SSSR count). The molecule has 578 valence electrons. The third-order valence-corrected chi connectivity index (χ3v) is 25.2. The minimum Gasteiger partial charge on any atom is -0.310 e. The Morgan fingerprint density at radius 1 is 0.286 bits per heavy atom. The average Bonchev–Trinajstić information content (AvgIpc) is 0.772. The van der Waals surface area contributed by atoms with Crippen molar-refractivity contribution in [2.24, 2.45) is 0 Å². The van der Waals surface area contributed by atoms with Gasteiger partial charge in [0.2, 0.25) is 0 Å². The standard InChI is InChI=1S/C112H97BN6/c1-108(2,3)79-47-37-71(38-48-79)77-61-91(73-35-33-70(69-114)34-36-73)106(92(62-77)74-41-51-81(52-42-74)110(7,8)9)118-101-67-85(116-97-29-21-17-25-87(97)88-26-18-22-30-98(88)116)57-59-95(101)113-96-60-58-86(117-99-31-23-19-27-89(99)90-28-20-24-32-100(90)117)68-102(96)119(104-66-83(112(13,14)15)65-103(118)105(104)113)107-93(75-43-53-82(54-44-75)111(10,11)12)63-78(72-39-49-80(50-40-72)109(4,5)6)64-94(107)76-45-55-84(115-16)56-46-76/h17-68H,1-15H3. The molecule has 0 radical (unpaired) electrons. The molecule has 0 bridgehead atoms. The second-order valence-electron chi connectivity index (χ2n) is 38.0. The van der Waals surface area contributed by atoms with E-state index in [1.54, 1.807) is 0 Å². The fraction of sp³-hybridized carbons (Fsp3) is 0.179. The van der Waals surface area contributed by atoms with Gasteiger partial charge < -0.3 is 18.9 Å². The maximum atomic E-state index is 10.7. The Bertz CT molecular complexity index is 6500. The quantitative estimate of drug-likeness (QED) is 0.101. The third kappa shape index (κ3) is 13.0. The topological polar surface area (TPSA) is 44.5 Å². The first kappa shape index (κ1) is 75.6. The van der Waals surface area contributed by atoms with Gasteiger partial charge in [0.15, 0.2) is 5.69 Å². The maximum Gasteiger partial charge on any atom is 0.252 e. The minimum absolute atomic E-state index is 0.0615. The molecule has 0 atom stereocenters. The van der Waals surface area contributed by atoms with Crippen LogP contribution in [0.2, 0.25) is 0 Å². The van der Waals surface area contributed by atoms with Crippen molar-refractivity contribution in [1.82, 2.24) is 9.13 Å². The second kappa shape index (κ2) is 28.2. The van der Waals surface area contributed by atoms with E-state index < -0.39 is 5.41 Å². The fourth-order valence-corrected chi connectivity index (χ4v) is 18.6. The summed E-state index contributed by atoms with van der Waals surface area (Å²) in [5.41, 5.74) is 35.5. The monoisotopic (exact) mass is 1540 g/mol. The summed E-state index contributed by atoms with van der Waals surface area (Å²) >= 11 is 0. The Morgan fingerprint density at radius 3 is 0.866 bits per heavy atom. The van der Waals surface area contributed by atoms with Crippen molar-refractivity contribution in [2.75, 3.05) is 9.80 Å². The molecule has 2 aliphatic heterocycles. The van der Waals surface area contributed by atoms with E-state index in [1.807, 2.05) is 24.3 Å². The Kier molecular flexibility index (Phi) is 17.9. The van der Waals surface area contributed by atoms with Gasteiger partial charge in [-0.2, -0.15) is 5.26 Å². The van der Waals surface area contributed by atoms with Gasteiger partial charge in [-0.25, -0.2) is 4.85 Å². The summed E-state index contributed by atoms with van der Waals surface area (Å²) < 4.78 is 4.96. The Balaban J connectivity index is 1.00. The van der Waals surface area contributed by atoms with Crippen LogP contribution >= 0.6 is 0 Å². The first-order valence-corrected chi connectivity index (χ1v) is 41.9. The van der Waals surface area contributed by atoms with Crippen LogP contribution in [-0.4, -0.2) is 15.8 Å². The van der Waals surface area contributed by atoms with Gasteiger partial charge in [-0.15, -0.1) is 0 Å². The van der Waals surface area contributed by atoms with E-state index >= 15 is 0 Å². The molecule has 2 aliphatic rings. The number of benzene rings is 15. The number of hydrogen-bond acceptors (Lipinski definition) is 3. The van der Waals surface area contributed by atoms with Crippen molar-refractivity contribution >= 4 is 107 Å². The summed E-state index contributed by atoms with van der Waals surface area (Å²) in [4.78, 5) is 9.39.